The number of nitrogens with two attached hydrogens (primary N) is 1. The Morgan fingerprint density at radius 1 is 1.32 bits per heavy atom. The largest absolute Gasteiger partial charge is 0.462 e. The van der Waals surface area contributed by atoms with Gasteiger partial charge in [0, 0.05) is 11.2 Å². The van der Waals surface area contributed by atoms with E-state index in [1.54, 1.807) is 41.5 Å². The maximum Gasteiger partial charge on any atom is 0.406 e. The molecule has 7 atom stereocenters. The van der Waals surface area contributed by atoms with E-state index in [0.29, 0.717) is 11.2 Å². The minimum absolute atomic E-state index is 0.0684. The van der Waals surface area contributed by atoms with E-state index in [1.165, 1.54) is 24.1 Å². The zero-order valence-corrected chi connectivity index (χ0v) is 26.3. The fourth-order valence-corrected chi connectivity index (χ4v) is 7.35. The van der Waals surface area contributed by atoms with E-state index in [1.807, 2.05) is 0 Å². The van der Waals surface area contributed by atoms with Crippen molar-refractivity contribution in [3.63, 3.8) is 0 Å². The summed E-state index contributed by atoms with van der Waals surface area (Å²) in [6.07, 6.45) is -0.814. The second kappa shape index (κ2) is 11.3. The number of nitrogens with zero attached hydrogens (tertiary/aromatic N) is 4. The van der Waals surface area contributed by atoms with Gasteiger partial charge in [-0.25, -0.2) is 24.6 Å². The van der Waals surface area contributed by atoms with Crippen LogP contribution in [0.4, 0.5) is 5.82 Å². The number of anilines is 1. The van der Waals surface area contributed by atoms with Crippen LogP contribution in [0.2, 0.25) is 0 Å². The van der Waals surface area contributed by atoms with Crippen LogP contribution in [0.25, 0.3) is 11.2 Å². The van der Waals surface area contributed by atoms with Gasteiger partial charge in [-0.15, -0.1) is 11.6 Å². The standard InChI is InChI=1S/C24H36ClN6O8PS/c1-12(2)37-19(32)13(3)30-40(35,36-8-9-41-21(33)22(4,5)6)39-16-15-24(16,34)23(7,25)20(38-15)31-11-29-14-17(26)27-10-28-18(14)31/h10-13,15-16,20,34H,8-9H2,1-7H3,(H,30,35)(H2,26,27,28)/t13-,15-,16?,20-,23+,24+,40+/m1/s1. The average molecular weight is 635 g/mol. The van der Waals surface area contributed by atoms with Gasteiger partial charge in [0.05, 0.1) is 19.0 Å². The van der Waals surface area contributed by atoms with E-state index < -0.39 is 60.2 Å². The van der Waals surface area contributed by atoms with Crippen molar-refractivity contribution in [1.82, 2.24) is 24.6 Å². The molecule has 4 N–H and O–H groups in total. The van der Waals surface area contributed by atoms with Gasteiger partial charge in [0.2, 0.25) is 0 Å². The zero-order chi connectivity index (χ0) is 30.5. The maximum absolute atomic E-state index is 13.9. The Morgan fingerprint density at radius 2 is 2.00 bits per heavy atom. The second-order valence-corrected chi connectivity index (χ2v) is 15.0. The lowest BCUT2D eigenvalue weighted by molar-refractivity contribution is -0.149. The molecule has 41 heavy (non-hydrogen) atoms. The number of nitrogens with one attached hydrogen (secondary N) is 1. The van der Waals surface area contributed by atoms with Crippen molar-refractivity contribution in [1.29, 1.82) is 0 Å². The fourth-order valence-electron chi connectivity index (χ4n) is 4.39. The monoisotopic (exact) mass is 634 g/mol. The number of aliphatic hydroxyl groups is 1. The lowest BCUT2D eigenvalue weighted by Gasteiger charge is -2.33. The molecular weight excluding hydrogens is 599 g/mol. The number of hydrogen-bond donors (Lipinski definition) is 3. The summed E-state index contributed by atoms with van der Waals surface area (Å²) in [7, 11) is -4.28. The minimum atomic E-state index is -4.28. The first-order valence-corrected chi connectivity index (χ1v) is 15.9. The Balaban J connectivity index is 1.50. The summed E-state index contributed by atoms with van der Waals surface area (Å²) >= 11 is 7.92. The summed E-state index contributed by atoms with van der Waals surface area (Å²) in [4.78, 5) is 35.6. The Morgan fingerprint density at radius 3 is 2.59 bits per heavy atom. The summed E-state index contributed by atoms with van der Waals surface area (Å²) in [5.74, 6) is -0.324. The topological polar surface area (TPSA) is 190 Å². The normalized spacial score (nSPS) is 29.8. The van der Waals surface area contributed by atoms with Crippen molar-refractivity contribution in [2.75, 3.05) is 18.1 Å². The Bertz CT molecular complexity index is 1370. The lowest BCUT2D eigenvalue weighted by atomic mass is 10.00. The molecular formula is C24H36ClN6O8PS. The number of carbonyl (C=O) groups excluding carboxylic acids is 2. The quantitative estimate of drug-likeness (QED) is 0.141. The molecule has 0 radical (unpaired) electrons. The van der Waals surface area contributed by atoms with Crippen LogP contribution in [0.3, 0.4) is 0 Å². The number of rotatable bonds is 11. The highest BCUT2D eigenvalue weighted by Crippen LogP contribution is 2.67. The van der Waals surface area contributed by atoms with Crippen LogP contribution < -0.4 is 10.8 Å². The van der Waals surface area contributed by atoms with Crippen molar-refractivity contribution >= 4 is 59.2 Å². The highest BCUT2D eigenvalue weighted by Gasteiger charge is 2.83. The van der Waals surface area contributed by atoms with Gasteiger partial charge in [0.1, 0.15) is 40.6 Å². The molecule has 2 aromatic heterocycles. The van der Waals surface area contributed by atoms with E-state index >= 15 is 0 Å². The van der Waals surface area contributed by atoms with Gasteiger partial charge >= 0.3 is 13.7 Å². The number of thioether (sulfide) groups is 1. The molecule has 1 aliphatic carbocycles. The Kier molecular flexibility index (Phi) is 8.88. The van der Waals surface area contributed by atoms with Crippen LogP contribution in [-0.4, -0.2) is 82.9 Å². The number of alkyl halides is 1. The van der Waals surface area contributed by atoms with Crippen molar-refractivity contribution in [2.24, 2.45) is 5.41 Å². The molecule has 2 fully saturated rings. The number of fused-ring (bicyclic) bond motifs is 2. The maximum atomic E-state index is 13.9. The molecule has 2 aromatic rings. The van der Waals surface area contributed by atoms with Crippen molar-refractivity contribution in [3.8, 4) is 0 Å². The van der Waals surface area contributed by atoms with Gasteiger partial charge in [-0.05, 0) is 27.7 Å². The van der Waals surface area contributed by atoms with E-state index in [4.69, 9.17) is 35.9 Å². The van der Waals surface area contributed by atoms with Crippen LogP contribution in [0, 0.1) is 5.41 Å². The molecule has 1 aliphatic heterocycles. The van der Waals surface area contributed by atoms with Crippen LogP contribution in [0.15, 0.2) is 12.7 Å². The number of hydrogen-bond acceptors (Lipinski definition) is 13. The number of aromatic nitrogens is 4. The molecule has 3 heterocycles. The van der Waals surface area contributed by atoms with E-state index in [-0.39, 0.29) is 23.3 Å². The summed E-state index contributed by atoms with van der Waals surface area (Å²) in [5.41, 5.74) is 4.22. The third kappa shape index (κ3) is 6.14. The molecule has 14 nitrogen and oxygen atoms in total. The predicted molar refractivity (Wildman–Crippen MR) is 152 cm³/mol. The first-order chi connectivity index (χ1) is 18.9. The summed E-state index contributed by atoms with van der Waals surface area (Å²) in [5, 5.41) is 14.1. The summed E-state index contributed by atoms with van der Waals surface area (Å²) in [6, 6.07) is -1.08. The molecule has 1 saturated heterocycles. The van der Waals surface area contributed by atoms with Gasteiger partial charge < -0.3 is 20.3 Å². The molecule has 0 aromatic carbocycles. The number of ether oxygens (including phenoxy) is 2. The van der Waals surface area contributed by atoms with E-state index in [2.05, 4.69) is 20.0 Å². The summed E-state index contributed by atoms with van der Waals surface area (Å²) in [6.45, 7) is 11.6. The van der Waals surface area contributed by atoms with Crippen LogP contribution >= 0.6 is 31.1 Å². The zero-order valence-electron chi connectivity index (χ0n) is 23.9. The fraction of sp³-hybridized carbons (Fsp3) is 0.708. The van der Waals surface area contributed by atoms with Gasteiger partial charge in [0.15, 0.2) is 22.8 Å². The van der Waals surface area contributed by atoms with Crippen molar-refractivity contribution in [2.45, 2.75) is 89.5 Å². The average Bonchev–Trinajstić information content (AvgIpc) is 3.12. The number of nitrogen functional groups attached to an aromatic ring is 1. The molecule has 4 rings (SSSR count). The molecule has 2 aliphatic rings. The van der Waals surface area contributed by atoms with Crippen LogP contribution in [-0.2, 0) is 32.7 Å². The van der Waals surface area contributed by atoms with Crippen molar-refractivity contribution < 1.29 is 37.8 Å². The Labute approximate surface area is 247 Å². The number of esters is 1. The first-order valence-electron chi connectivity index (χ1n) is 13.0. The predicted octanol–water partition coefficient (Wildman–Crippen LogP) is 2.79. The van der Waals surface area contributed by atoms with Crippen molar-refractivity contribution in [3.05, 3.63) is 12.7 Å². The van der Waals surface area contributed by atoms with Crippen LogP contribution in [0.5, 0.6) is 0 Å². The molecule has 1 saturated carbocycles. The molecule has 0 amide bonds. The first kappa shape index (κ1) is 32.1. The molecule has 228 valence electrons. The van der Waals surface area contributed by atoms with Gasteiger partial charge in [-0.1, -0.05) is 32.5 Å². The van der Waals surface area contributed by atoms with E-state index in [9.17, 15) is 19.3 Å². The SMILES string of the molecule is CC(C)OC(=O)[C@@H](C)N[P@](=O)(OCCSC(=O)C(C)(C)C)OC1[C@H]2O[C@@H](n3cnc4c(N)ncnc43)[C@](C)(Cl)[C@@]12O. The molecule has 0 spiro atoms. The van der Waals surface area contributed by atoms with Gasteiger partial charge in [0.25, 0.3) is 0 Å². The minimum Gasteiger partial charge on any atom is -0.462 e. The lowest BCUT2D eigenvalue weighted by Crippen LogP contribution is -2.44. The van der Waals surface area contributed by atoms with Gasteiger partial charge in [-0.3, -0.25) is 23.2 Å². The second-order valence-electron chi connectivity index (χ2n) is 11.5. The number of halogens is 1. The van der Waals surface area contributed by atoms with E-state index in [0.717, 1.165) is 11.8 Å². The molecule has 1 unspecified atom stereocenters. The van der Waals surface area contributed by atoms with Gasteiger partial charge in [-0.2, -0.15) is 0 Å². The highest BCUT2D eigenvalue weighted by molar-refractivity contribution is 8.13. The molecule has 0 bridgehead atoms. The third-order valence-electron chi connectivity index (χ3n) is 6.70. The molecule has 17 heteroatoms. The smallest absolute Gasteiger partial charge is 0.406 e. The summed E-state index contributed by atoms with van der Waals surface area (Å²) < 4.78 is 38.1. The van der Waals surface area contributed by atoms with Crippen LogP contribution in [0.1, 0.15) is 54.7 Å². The highest BCUT2D eigenvalue weighted by atomic mass is 35.5. The third-order valence-corrected chi connectivity index (χ3v) is 10.2. The Hall–Kier alpha value is -1.84. The number of imidazole rings is 1. The number of carbonyl (C=O) groups is 2.